The average molecular weight is 725 g/mol. The summed E-state index contributed by atoms with van der Waals surface area (Å²) in [6.45, 7) is 5.50. The van der Waals surface area contributed by atoms with Crippen molar-refractivity contribution in [3.63, 3.8) is 0 Å². The Kier molecular flexibility index (Phi) is 12.5. The number of hydrogen-bond donors (Lipinski definition) is 0. The van der Waals surface area contributed by atoms with Gasteiger partial charge in [0.05, 0.1) is 23.4 Å². The molecule has 2 heterocycles. The van der Waals surface area contributed by atoms with Crippen molar-refractivity contribution in [2.75, 3.05) is 13.2 Å². The molecule has 1 fully saturated rings. The lowest BCUT2D eigenvalue weighted by Crippen LogP contribution is -2.60. The SMILES string of the molecule is CCOC(=O)c1c(-c2ccc(Cl)cc2)c(C#N)c(=S)n([C@H]2O[C@@H](COC(C)=O)[C@@H](OC(C)=O)[C@@H](OC(C)=O)[C@@H]2OC(C)=O)c1-c1ccccc1. The Bertz CT molecular complexity index is 1890. The van der Waals surface area contributed by atoms with Crippen LogP contribution >= 0.6 is 23.8 Å². The van der Waals surface area contributed by atoms with E-state index in [1.54, 1.807) is 61.5 Å². The lowest BCUT2D eigenvalue weighted by molar-refractivity contribution is -0.268. The predicted molar refractivity (Wildman–Crippen MR) is 179 cm³/mol. The molecule has 5 atom stereocenters. The van der Waals surface area contributed by atoms with Gasteiger partial charge >= 0.3 is 29.8 Å². The molecule has 262 valence electrons. The zero-order chi connectivity index (χ0) is 36.7. The molecule has 0 aliphatic carbocycles. The van der Waals surface area contributed by atoms with Crippen LogP contribution < -0.4 is 0 Å². The molecule has 0 amide bonds. The van der Waals surface area contributed by atoms with Gasteiger partial charge in [-0.1, -0.05) is 66.3 Å². The molecule has 13 nitrogen and oxygen atoms in total. The predicted octanol–water partition coefficient (Wildman–Crippen LogP) is 5.51. The molecule has 0 N–H and O–H groups in total. The first-order chi connectivity index (χ1) is 23.8. The largest absolute Gasteiger partial charge is 0.463 e. The summed E-state index contributed by atoms with van der Waals surface area (Å²) in [5.74, 6) is -4.04. The van der Waals surface area contributed by atoms with Crippen LogP contribution in [-0.4, -0.2) is 72.0 Å². The van der Waals surface area contributed by atoms with Gasteiger partial charge in [0.25, 0.3) is 0 Å². The highest BCUT2D eigenvalue weighted by Gasteiger charge is 2.53. The third-order valence-corrected chi connectivity index (χ3v) is 8.06. The van der Waals surface area contributed by atoms with Crippen LogP contribution in [-0.2, 0) is 47.6 Å². The Morgan fingerprint density at radius 2 is 1.40 bits per heavy atom. The van der Waals surface area contributed by atoms with Gasteiger partial charge < -0.3 is 28.4 Å². The van der Waals surface area contributed by atoms with Gasteiger partial charge in [0, 0.05) is 38.3 Å². The Labute approximate surface area is 297 Å². The Balaban J connectivity index is 2.20. The summed E-state index contributed by atoms with van der Waals surface area (Å²) in [5, 5.41) is 11.0. The molecule has 15 heteroatoms. The van der Waals surface area contributed by atoms with E-state index in [4.69, 9.17) is 52.2 Å². The first-order valence-corrected chi connectivity index (χ1v) is 16.1. The molecule has 1 aromatic heterocycles. The molecule has 2 aromatic carbocycles. The molecule has 1 aliphatic rings. The first kappa shape index (κ1) is 37.7. The quantitative estimate of drug-likeness (QED) is 0.146. The Morgan fingerprint density at radius 1 is 0.820 bits per heavy atom. The van der Waals surface area contributed by atoms with Crippen LogP contribution in [0.25, 0.3) is 22.4 Å². The number of esters is 5. The van der Waals surface area contributed by atoms with E-state index < -0.39 is 67.1 Å². The second-order valence-electron chi connectivity index (χ2n) is 10.9. The summed E-state index contributed by atoms with van der Waals surface area (Å²) in [7, 11) is 0. The number of halogens is 1. The number of nitrogens with zero attached hydrogens (tertiary/aromatic N) is 2. The monoisotopic (exact) mass is 724 g/mol. The minimum Gasteiger partial charge on any atom is -0.463 e. The maximum atomic E-state index is 14.1. The van der Waals surface area contributed by atoms with E-state index in [2.05, 4.69) is 6.07 Å². The van der Waals surface area contributed by atoms with E-state index in [0.717, 1.165) is 27.7 Å². The highest BCUT2D eigenvalue weighted by molar-refractivity contribution is 7.71. The van der Waals surface area contributed by atoms with Crippen LogP contribution in [0.5, 0.6) is 0 Å². The van der Waals surface area contributed by atoms with Gasteiger partial charge in [0.2, 0.25) is 0 Å². The molecule has 50 heavy (non-hydrogen) atoms. The third kappa shape index (κ3) is 8.36. The summed E-state index contributed by atoms with van der Waals surface area (Å²) < 4.78 is 35.2. The number of carbonyl (C=O) groups excluding carboxylic acids is 5. The highest BCUT2D eigenvalue weighted by Crippen LogP contribution is 2.43. The lowest BCUT2D eigenvalue weighted by atomic mass is 9.90. The number of benzene rings is 2. The molecule has 0 bridgehead atoms. The fourth-order valence-electron chi connectivity index (χ4n) is 5.64. The number of carbonyl (C=O) groups is 5. The first-order valence-electron chi connectivity index (χ1n) is 15.3. The Morgan fingerprint density at radius 3 is 1.94 bits per heavy atom. The van der Waals surface area contributed by atoms with Gasteiger partial charge in [-0.25, -0.2) is 4.79 Å². The maximum absolute atomic E-state index is 14.1. The van der Waals surface area contributed by atoms with Crippen molar-refractivity contribution in [1.82, 2.24) is 4.57 Å². The molecule has 1 saturated heterocycles. The smallest absolute Gasteiger partial charge is 0.340 e. The van der Waals surface area contributed by atoms with Gasteiger partial charge in [0.15, 0.2) is 24.5 Å². The van der Waals surface area contributed by atoms with Crippen molar-refractivity contribution in [2.45, 2.75) is 65.3 Å². The topological polar surface area (TPSA) is 169 Å². The van der Waals surface area contributed by atoms with Crippen molar-refractivity contribution in [1.29, 1.82) is 5.26 Å². The number of rotatable bonds is 10. The van der Waals surface area contributed by atoms with Gasteiger partial charge in [-0.3, -0.25) is 23.7 Å². The summed E-state index contributed by atoms with van der Waals surface area (Å²) in [6.07, 6.45) is -7.55. The molecule has 0 saturated carbocycles. The molecule has 0 unspecified atom stereocenters. The van der Waals surface area contributed by atoms with Crippen molar-refractivity contribution >= 4 is 53.7 Å². The van der Waals surface area contributed by atoms with Crippen LogP contribution in [0.4, 0.5) is 0 Å². The van der Waals surface area contributed by atoms with Crippen molar-refractivity contribution in [2.24, 2.45) is 0 Å². The molecular weight excluding hydrogens is 692 g/mol. The maximum Gasteiger partial charge on any atom is 0.340 e. The minimum atomic E-state index is -1.61. The van der Waals surface area contributed by atoms with E-state index >= 15 is 0 Å². The zero-order valence-corrected chi connectivity index (χ0v) is 29.2. The normalized spacial score (nSPS) is 19.7. The molecule has 0 spiro atoms. The second kappa shape index (κ2) is 16.5. The van der Waals surface area contributed by atoms with E-state index in [9.17, 15) is 29.2 Å². The average Bonchev–Trinajstić information content (AvgIpc) is 3.05. The fourth-order valence-corrected chi connectivity index (χ4v) is 6.11. The Hall–Kier alpha value is -5.10. The van der Waals surface area contributed by atoms with Gasteiger partial charge in [-0.15, -0.1) is 0 Å². The van der Waals surface area contributed by atoms with E-state index in [0.29, 0.717) is 16.1 Å². The third-order valence-electron chi connectivity index (χ3n) is 7.40. The highest BCUT2D eigenvalue weighted by atomic mass is 35.5. The van der Waals surface area contributed by atoms with Gasteiger partial charge in [-0.2, -0.15) is 5.26 Å². The minimum absolute atomic E-state index is 0.0380. The van der Waals surface area contributed by atoms with E-state index in [1.165, 1.54) is 4.57 Å². The van der Waals surface area contributed by atoms with Crippen LogP contribution in [0.1, 0.15) is 56.8 Å². The van der Waals surface area contributed by atoms with Crippen LogP contribution in [0.15, 0.2) is 54.6 Å². The van der Waals surface area contributed by atoms with Gasteiger partial charge in [0.1, 0.15) is 23.4 Å². The lowest BCUT2D eigenvalue weighted by Gasteiger charge is -2.45. The second-order valence-corrected chi connectivity index (χ2v) is 11.8. The van der Waals surface area contributed by atoms with E-state index in [-0.39, 0.29) is 33.6 Å². The standard InChI is InChI=1S/C35H33ClN2O11S/c1-6-44-35(43)28-27(22-12-14-24(36)15-13-22)25(16-37)34(50)38(29(28)23-10-8-7-9-11-23)33-32(48-21(5)42)31(47-20(4)41)30(46-19(3)40)26(49-33)17-45-18(2)39/h7-15,26,30-33H,6,17H2,1-5H3/t26-,30+,31+,32-,33-/m0/s1. The number of ether oxygens (including phenoxy) is 6. The molecular formula is C35H33ClN2O11S. The fraction of sp³-hybridized carbons (Fsp3) is 0.343. The molecule has 3 aromatic rings. The van der Waals surface area contributed by atoms with Crippen molar-refractivity contribution in [3.05, 3.63) is 75.4 Å². The van der Waals surface area contributed by atoms with Crippen LogP contribution in [0, 0.1) is 16.0 Å². The van der Waals surface area contributed by atoms with E-state index in [1.807, 2.05) is 0 Å². The van der Waals surface area contributed by atoms with Crippen molar-refractivity contribution < 1.29 is 52.4 Å². The zero-order valence-electron chi connectivity index (χ0n) is 27.7. The molecule has 0 radical (unpaired) electrons. The number of nitriles is 1. The summed E-state index contributed by atoms with van der Waals surface area (Å²) >= 11 is 12.2. The molecule has 4 rings (SSSR count). The molecule has 1 aliphatic heterocycles. The summed E-state index contributed by atoms with van der Waals surface area (Å²) in [4.78, 5) is 63.5. The van der Waals surface area contributed by atoms with Crippen LogP contribution in [0.3, 0.4) is 0 Å². The number of hydrogen-bond acceptors (Lipinski definition) is 13. The van der Waals surface area contributed by atoms with Gasteiger partial charge in [-0.05, 0) is 30.2 Å². The number of aromatic nitrogens is 1. The van der Waals surface area contributed by atoms with Crippen LogP contribution in [0.2, 0.25) is 5.02 Å². The number of pyridine rings is 1. The summed E-state index contributed by atoms with van der Waals surface area (Å²) in [6, 6.07) is 17.0. The summed E-state index contributed by atoms with van der Waals surface area (Å²) in [5.41, 5.74) is 0.767. The van der Waals surface area contributed by atoms with Crippen molar-refractivity contribution in [3.8, 4) is 28.5 Å².